The lowest BCUT2D eigenvalue weighted by Gasteiger charge is -2.02. The van der Waals surface area contributed by atoms with Crippen molar-refractivity contribution in [2.75, 3.05) is 11.6 Å². The summed E-state index contributed by atoms with van der Waals surface area (Å²) in [5.74, 6) is -0.262. The fraction of sp³-hybridized carbons (Fsp3) is 0.0667. The number of sulfone groups is 1. The normalized spacial score (nSPS) is 11.2. The number of amides is 1. The van der Waals surface area contributed by atoms with Gasteiger partial charge in [-0.15, -0.1) is 5.10 Å². The molecule has 9 heteroatoms. The largest absolute Gasteiger partial charge is 0.403 e. The zero-order valence-electron chi connectivity index (χ0n) is 12.5. The number of aromatic nitrogens is 3. The Bertz CT molecular complexity index is 966. The molecule has 3 aromatic rings. The van der Waals surface area contributed by atoms with E-state index in [1.165, 1.54) is 24.3 Å². The molecule has 0 saturated carbocycles. The Hall–Kier alpha value is -3.07. The summed E-state index contributed by atoms with van der Waals surface area (Å²) in [5.41, 5.74) is 0.895. The zero-order valence-corrected chi connectivity index (χ0v) is 13.3. The molecule has 1 N–H and O–H groups in total. The first-order valence-electron chi connectivity index (χ1n) is 6.79. The highest BCUT2D eigenvalue weighted by atomic mass is 32.2. The maximum Gasteiger partial charge on any atom is 0.322 e. The van der Waals surface area contributed by atoms with Crippen molar-refractivity contribution >= 4 is 21.8 Å². The summed E-state index contributed by atoms with van der Waals surface area (Å²) < 4.78 is 28.2. The van der Waals surface area contributed by atoms with E-state index in [0.29, 0.717) is 5.56 Å². The topological polar surface area (TPSA) is 115 Å². The summed E-state index contributed by atoms with van der Waals surface area (Å²) >= 11 is 0. The standard InChI is InChI=1S/C15H12N4O4S/c1-24(21,22)12-6-4-10(5-7-12)13(20)17-15-19-18-14(23-15)11-3-2-8-16-9-11/h2-9H,1H3,(H,17,19,20). The van der Waals surface area contributed by atoms with Gasteiger partial charge in [0, 0.05) is 24.2 Å². The fourth-order valence-corrected chi connectivity index (χ4v) is 2.53. The molecule has 3 rings (SSSR count). The minimum absolute atomic E-state index is 0.0638. The quantitative estimate of drug-likeness (QED) is 0.767. The number of carbonyl (C=O) groups excluding carboxylic acids is 1. The highest BCUT2D eigenvalue weighted by Crippen LogP contribution is 2.19. The van der Waals surface area contributed by atoms with Crippen molar-refractivity contribution in [1.29, 1.82) is 0 Å². The van der Waals surface area contributed by atoms with Gasteiger partial charge in [-0.05, 0) is 36.4 Å². The molecule has 2 aromatic heterocycles. The second-order valence-electron chi connectivity index (χ2n) is 4.90. The van der Waals surface area contributed by atoms with Crippen LogP contribution in [0.3, 0.4) is 0 Å². The summed E-state index contributed by atoms with van der Waals surface area (Å²) in [6.07, 6.45) is 4.27. The minimum Gasteiger partial charge on any atom is -0.403 e. The Labute approximate surface area is 137 Å². The first kappa shape index (κ1) is 15.8. The summed E-state index contributed by atoms with van der Waals surface area (Å²) in [4.78, 5) is 16.2. The summed E-state index contributed by atoms with van der Waals surface area (Å²) in [7, 11) is -3.31. The maximum atomic E-state index is 12.1. The molecule has 0 aliphatic heterocycles. The van der Waals surface area contributed by atoms with Crippen molar-refractivity contribution in [1.82, 2.24) is 15.2 Å². The Balaban J connectivity index is 1.75. The van der Waals surface area contributed by atoms with Crippen LogP contribution in [0.2, 0.25) is 0 Å². The van der Waals surface area contributed by atoms with E-state index in [4.69, 9.17) is 4.42 Å². The van der Waals surface area contributed by atoms with E-state index in [2.05, 4.69) is 20.5 Å². The molecule has 0 saturated heterocycles. The summed E-state index contributed by atoms with van der Waals surface area (Å²) in [6.45, 7) is 0. The van der Waals surface area contributed by atoms with Crippen LogP contribution in [0.4, 0.5) is 6.01 Å². The van der Waals surface area contributed by atoms with Gasteiger partial charge in [0.15, 0.2) is 9.84 Å². The Kier molecular flexibility index (Phi) is 4.09. The van der Waals surface area contributed by atoms with Crippen molar-refractivity contribution in [3.63, 3.8) is 0 Å². The number of anilines is 1. The van der Waals surface area contributed by atoms with Crippen LogP contribution in [-0.4, -0.2) is 35.8 Å². The third kappa shape index (κ3) is 3.46. The van der Waals surface area contributed by atoms with Crippen LogP contribution in [0.25, 0.3) is 11.5 Å². The molecule has 0 fully saturated rings. The maximum absolute atomic E-state index is 12.1. The lowest BCUT2D eigenvalue weighted by Crippen LogP contribution is -2.12. The Morgan fingerprint density at radius 3 is 2.50 bits per heavy atom. The van der Waals surface area contributed by atoms with Gasteiger partial charge in [0.25, 0.3) is 11.8 Å². The second kappa shape index (κ2) is 6.20. The SMILES string of the molecule is CS(=O)(=O)c1ccc(C(=O)Nc2nnc(-c3cccnc3)o2)cc1. The van der Waals surface area contributed by atoms with E-state index < -0.39 is 15.7 Å². The lowest BCUT2D eigenvalue weighted by atomic mass is 10.2. The van der Waals surface area contributed by atoms with Crippen LogP contribution in [-0.2, 0) is 9.84 Å². The van der Waals surface area contributed by atoms with Crippen molar-refractivity contribution < 1.29 is 17.6 Å². The van der Waals surface area contributed by atoms with E-state index in [9.17, 15) is 13.2 Å². The molecule has 0 bridgehead atoms. The van der Waals surface area contributed by atoms with Gasteiger partial charge in [-0.1, -0.05) is 5.10 Å². The van der Waals surface area contributed by atoms with Gasteiger partial charge in [-0.2, -0.15) is 0 Å². The number of hydrogen-bond donors (Lipinski definition) is 1. The van der Waals surface area contributed by atoms with Crippen molar-refractivity contribution in [3.05, 3.63) is 54.4 Å². The van der Waals surface area contributed by atoms with Crippen LogP contribution >= 0.6 is 0 Å². The first-order chi connectivity index (χ1) is 11.4. The molecular weight excluding hydrogens is 332 g/mol. The van der Waals surface area contributed by atoms with Crippen molar-refractivity contribution in [3.8, 4) is 11.5 Å². The van der Waals surface area contributed by atoms with E-state index in [1.54, 1.807) is 24.5 Å². The molecule has 1 aromatic carbocycles. The van der Waals surface area contributed by atoms with E-state index >= 15 is 0 Å². The molecule has 0 aliphatic carbocycles. The summed E-state index contributed by atoms with van der Waals surface area (Å²) in [5, 5.41) is 10.0. The molecular formula is C15H12N4O4S. The molecule has 0 radical (unpaired) electrons. The van der Waals surface area contributed by atoms with Gasteiger partial charge < -0.3 is 4.42 Å². The van der Waals surface area contributed by atoms with Gasteiger partial charge in [-0.3, -0.25) is 15.1 Å². The molecule has 0 spiro atoms. The van der Waals surface area contributed by atoms with Crippen LogP contribution < -0.4 is 5.32 Å². The van der Waals surface area contributed by atoms with E-state index in [-0.39, 0.29) is 22.4 Å². The first-order valence-corrected chi connectivity index (χ1v) is 8.68. The van der Waals surface area contributed by atoms with Gasteiger partial charge in [0.1, 0.15) is 0 Å². The fourth-order valence-electron chi connectivity index (χ4n) is 1.90. The van der Waals surface area contributed by atoms with Crippen LogP contribution in [0.5, 0.6) is 0 Å². The number of hydrogen-bond acceptors (Lipinski definition) is 7. The summed E-state index contributed by atoms with van der Waals surface area (Å²) in [6, 6.07) is 8.94. The van der Waals surface area contributed by atoms with E-state index in [0.717, 1.165) is 6.26 Å². The molecule has 0 aliphatic rings. The number of benzene rings is 1. The van der Waals surface area contributed by atoms with Crippen molar-refractivity contribution in [2.45, 2.75) is 4.90 Å². The predicted molar refractivity (Wildman–Crippen MR) is 85.0 cm³/mol. The lowest BCUT2D eigenvalue weighted by molar-refractivity contribution is 0.102. The molecule has 122 valence electrons. The van der Waals surface area contributed by atoms with Crippen molar-refractivity contribution in [2.24, 2.45) is 0 Å². The molecule has 2 heterocycles. The highest BCUT2D eigenvalue weighted by Gasteiger charge is 2.14. The Morgan fingerprint density at radius 1 is 1.12 bits per heavy atom. The monoisotopic (exact) mass is 344 g/mol. The molecule has 0 unspecified atom stereocenters. The molecule has 24 heavy (non-hydrogen) atoms. The average Bonchev–Trinajstić information content (AvgIpc) is 3.03. The van der Waals surface area contributed by atoms with Crippen LogP contribution in [0.15, 0.2) is 58.1 Å². The molecule has 0 atom stereocenters. The van der Waals surface area contributed by atoms with E-state index in [1.807, 2.05) is 0 Å². The highest BCUT2D eigenvalue weighted by molar-refractivity contribution is 7.90. The van der Waals surface area contributed by atoms with Crippen LogP contribution in [0.1, 0.15) is 10.4 Å². The molecule has 8 nitrogen and oxygen atoms in total. The smallest absolute Gasteiger partial charge is 0.322 e. The number of carbonyl (C=O) groups is 1. The third-order valence-corrected chi connectivity index (χ3v) is 4.23. The second-order valence-corrected chi connectivity index (χ2v) is 6.92. The van der Waals surface area contributed by atoms with Gasteiger partial charge in [0.2, 0.25) is 0 Å². The third-order valence-electron chi connectivity index (χ3n) is 3.10. The number of pyridine rings is 1. The number of nitrogens with zero attached hydrogens (tertiary/aromatic N) is 3. The van der Waals surface area contributed by atoms with Crippen LogP contribution in [0, 0.1) is 0 Å². The van der Waals surface area contributed by atoms with Gasteiger partial charge >= 0.3 is 6.01 Å². The Morgan fingerprint density at radius 2 is 1.88 bits per heavy atom. The number of nitrogens with one attached hydrogen (secondary N) is 1. The van der Waals surface area contributed by atoms with Gasteiger partial charge in [0.05, 0.1) is 10.5 Å². The number of rotatable bonds is 4. The predicted octanol–water partition coefficient (Wildman–Crippen LogP) is 1.79. The average molecular weight is 344 g/mol. The van der Waals surface area contributed by atoms with Gasteiger partial charge in [-0.25, -0.2) is 8.42 Å². The zero-order chi connectivity index (χ0) is 17.2. The minimum atomic E-state index is -3.31. The molecule has 1 amide bonds.